The first-order valence-corrected chi connectivity index (χ1v) is 5.77. The van der Waals surface area contributed by atoms with Crippen molar-refractivity contribution in [2.75, 3.05) is 0 Å². The molecule has 0 saturated heterocycles. The van der Waals surface area contributed by atoms with E-state index in [1.54, 1.807) is 0 Å². The van der Waals surface area contributed by atoms with E-state index in [9.17, 15) is 0 Å². The Bertz CT molecular complexity index is 363. The molecule has 15 heavy (non-hydrogen) atoms. The Labute approximate surface area is 96.1 Å². The maximum atomic E-state index is 5.91. The molecule has 0 bridgehead atoms. The minimum atomic E-state index is 0.625. The summed E-state index contributed by atoms with van der Waals surface area (Å²) in [6.07, 6.45) is 6.80. The summed E-state index contributed by atoms with van der Waals surface area (Å²) in [5.74, 6) is 0. The van der Waals surface area contributed by atoms with Gasteiger partial charge in [-0.3, -0.25) is 0 Å². The second kappa shape index (κ2) is 4.82. The molecule has 0 aromatic heterocycles. The summed E-state index contributed by atoms with van der Waals surface area (Å²) in [6.45, 7) is 3.05. The van der Waals surface area contributed by atoms with Gasteiger partial charge in [-0.05, 0) is 43.0 Å². The van der Waals surface area contributed by atoms with Crippen LogP contribution in [0.5, 0.6) is 0 Å². The van der Waals surface area contributed by atoms with Crippen LogP contribution in [0.1, 0.15) is 24.0 Å². The van der Waals surface area contributed by atoms with E-state index in [0.717, 1.165) is 24.4 Å². The standard InChI is InChI=1S/C13H16ClN/c1-10-8-12(14)7-6-11(10)9-15-13-4-2-3-5-13/h2-3,6-8,13,15H,4-5,9H2,1H3. The Kier molecular flexibility index (Phi) is 3.45. The SMILES string of the molecule is Cc1cc(Cl)ccc1CNC1CC=CC1. The lowest BCUT2D eigenvalue weighted by Gasteiger charge is -2.13. The lowest BCUT2D eigenvalue weighted by molar-refractivity contribution is 0.537. The van der Waals surface area contributed by atoms with Gasteiger partial charge in [-0.25, -0.2) is 0 Å². The van der Waals surface area contributed by atoms with Crippen LogP contribution in [0.25, 0.3) is 0 Å². The Hall–Kier alpha value is -0.790. The molecule has 2 rings (SSSR count). The highest BCUT2D eigenvalue weighted by atomic mass is 35.5. The molecule has 0 aliphatic heterocycles. The Morgan fingerprint density at radius 3 is 2.73 bits per heavy atom. The predicted molar refractivity (Wildman–Crippen MR) is 65.2 cm³/mol. The molecule has 1 aromatic carbocycles. The van der Waals surface area contributed by atoms with Crippen molar-refractivity contribution < 1.29 is 0 Å². The maximum Gasteiger partial charge on any atom is 0.0408 e. The van der Waals surface area contributed by atoms with Crippen molar-refractivity contribution in [1.82, 2.24) is 5.32 Å². The Morgan fingerprint density at radius 2 is 2.07 bits per heavy atom. The Morgan fingerprint density at radius 1 is 1.33 bits per heavy atom. The zero-order chi connectivity index (χ0) is 10.7. The van der Waals surface area contributed by atoms with Crippen LogP contribution in [0.15, 0.2) is 30.4 Å². The molecular formula is C13H16ClN. The van der Waals surface area contributed by atoms with E-state index in [-0.39, 0.29) is 0 Å². The first-order valence-electron chi connectivity index (χ1n) is 5.39. The third kappa shape index (κ3) is 2.83. The summed E-state index contributed by atoms with van der Waals surface area (Å²) in [7, 11) is 0. The zero-order valence-electron chi connectivity index (χ0n) is 8.96. The molecule has 0 heterocycles. The van der Waals surface area contributed by atoms with E-state index in [0.29, 0.717) is 6.04 Å². The van der Waals surface area contributed by atoms with Gasteiger partial charge in [0.15, 0.2) is 0 Å². The summed E-state index contributed by atoms with van der Waals surface area (Å²) in [5.41, 5.74) is 2.60. The molecule has 1 aliphatic rings. The lowest BCUT2D eigenvalue weighted by Crippen LogP contribution is -2.25. The number of aryl methyl sites for hydroxylation is 1. The fourth-order valence-corrected chi connectivity index (χ4v) is 2.12. The molecule has 1 N–H and O–H groups in total. The molecule has 1 aromatic rings. The van der Waals surface area contributed by atoms with Gasteiger partial charge in [-0.1, -0.05) is 29.8 Å². The molecule has 0 atom stereocenters. The van der Waals surface area contributed by atoms with Gasteiger partial charge in [-0.15, -0.1) is 0 Å². The highest BCUT2D eigenvalue weighted by Crippen LogP contribution is 2.16. The predicted octanol–water partition coefficient (Wildman–Crippen LogP) is 3.46. The van der Waals surface area contributed by atoms with Crippen LogP contribution >= 0.6 is 11.6 Å². The fraction of sp³-hybridized carbons (Fsp3) is 0.385. The quantitative estimate of drug-likeness (QED) is 0.771. The zero-order valence-corrected chi connectivity index (χ0v) is 9.72. The third-order valence-electron chi connectivity index (χ3n) is 2.89. The number of benzene rings is 1. The maximum absolute atomic E-state index is 5.91. The summed E-state index contributed by atoms with van der Waals surface area (Å²) in [5, 5.41) is 4.37. The molecule has 0 fully saturated rings. The Balaban J connectivity index is 1.92. The molecule has 0 amide bonds. The van der Waals surface area contributed by atoms with Crippen LogP contribution in [0.2, 0.25) is 5.02 Å². The normalized spacial score (nSPS) is 16.1. The average Bonchev–Trinajstić information content (AvgIpc) is 2.69. The van der Waals surface area contributed by atoms with E-state index in [1.807, 2.05) is 12.1 Å². The highest BCUT2D eigenvalue weighted by molar-refractivity contribution is 6.30. The van der Waals surface area contributed by atoms with Gasteiger partial charge in [0.1, 0.15) is 0 Å². The van der Waals surface area contributed by atoms with Gasteiger partial charge in [0, 0.05) is 17.6 Å². The summed E-state index contributed by atoms with van der Waals surface area (Å²) in [4.78, 5) is 0. The number of halogens is 1. The topological polar surface area (TPSA) is 12.0 Å². The van der Waals surface area contributed by atoms with Crippen LogP contribution in [0.3, 0.4) is 0 Å². The van der Waals surface area contributed by atoms with Gasteiger partial charge in [0.25, 0.3) is 0 Å². The second-order valence-electron chi connectivity index (χ2n) is 4.09. The van der Waals surface area contributed by atoms with E-state index in [4.69, 9.17) is 11.6 Å². The smallest absolute Gasteiger partial charge is 0.0408 e. The van der Waals surface area contributed by atoms with Crippen molar-refractivity contribution >= 4 is 11.6 Å². The van der Waals surface area contributed by atoms with E-state index in [2.05, 4.69) is 30.5 Å². The minimum Gasteiger partial charge on any atom is -0.309 e. The largest absolute Gasteiger partial charge is 0.309 e. The fourth-order valence-electron chi connectivity index (χ4n) is 1.90. The van der Waals surface area contributed by atoms with Gasteiger partial charge in [-0.2, -0.15) is 0 Å². The summed E-state index contributed by atoms with van der Waals surface area (Å²) < 4.78 is 0. The van der Waals surface area contributed by atoms with Gasteiger partial charge < -0.3 is 5.32 Å². The number of hydrogen-bond acceptors (Lipinski definition) is 1. The molecule has 0 radical (unpaired) electrons. The van der Waals surface area contributed by atoms with Crippen molar-refractivity contribution in [3.05, 3.63) is 46.5 Å². The molecule has 2 heteroatoms. The van der Waals surface area contributed by atoms with Crippen LogP contribution in [0.4, 0.5) is 0 Å². The van der Waals surface area contributed by atoms with E-state index < -0.39 is 0 Å². The summed E-state index contributed by atoms with van der Waals surface area (Å²) in [6, 6.07) is 6.71. The monoisotopic (exact) mass is 221 g/mol. The number of rotatable bonds is 3. The van der Waals surface area contributed by atoms with Crippen molar-refractivity contribution in [2.24, 2.45) is 0 Å². The second-order valence-corrected chi connectivity index (χ2v) is 4.53. The van der Waals surface area contributed by atoms with Crippen LogP contribution in [-0.4, -0.2) is 6.04 Å². The first kappa shape index (κ1) is 10.7. The van der Waals surface area contributed by atoms with Crippen LogP contribution in [0, 0.1) is 6.92 Å². The molecule has 0 spiro atoms. The van der Waals surface area contributed by atoms with Gasteiger partial charge >= 0.3 is 0 Å². The average molecular weight is 222 g/mol. The highest BCUT2D eigenvalue weighted by Gasteiger charge is 2.09. The van der Waals surface area contributed by atoms with Crippen LogP contribution in [-0.2, 0) is 6.54 Å². The van der Waals surface area contributed by atoms with Crippen molar-refractivity contribution in [1.29, 1.82) is 0 Å². The lowest BCUT2D eigenvalue weighted by atomic mass is 10.1. The minimum absolute atomic E-state index is 0.625. The molecule has 0 unspecified atom stereocenters. The molecule has 80 valence electrons. The van der Waals surface area contributed by atoms with Crippen LogP contribution < -0.4 is 5.32 Å². The summed E-state index contributed by atoms with van der Waals surface area (Å²) >= 11 is 5.91. The van der Waals surface area contributed by atoms with E-state index >= 15 is 0 Å². The van der Waals surface area contributed by atoms with Crippen molar-refractivity contribution in [2.45, 2.75) is 32.4 Å². The molecule has 1 aliphatic carbocycles. The van der Waals surface area contributed by atoms with Crippen molar-refractivity contribution in [3.8, 4) is 0 Å². The van der Waals surface area contributed by atoms with E-state index in [1.165, 1.54) is 11.1 Å². The third-order valence-corrected chi connectivity index (χ3v) is 3.13. The molecule has 0 saturated carbocycles. The first-order chi connectivity index (χ1) is 7.25. The number of nitrogens with one attached hydrogen (secondary N) is 1. The number of hydrogen-bond donors (Lipinski definition) is 1. The van der Waals surface area contributed by atoms with Gasteiger partial charge in [0.2, 0.25) is 0 Å². The van der Waals surface area contributed by atoms with Gasteiger partial charge in [0.05, 0.1) is 0 Å². The van der Waals surface area contributed by atoms with Crippen molar-refractivity contribution in [3.63, 3.8) is 0 Å². The molecular weight excluding hydrogens is 206 g/mol. The molecule has 1 nitrogen and oxygen atoms in total.